The normalized spacial score (nSPS) is 10.9. The lowest BCUT2D eigenvalue weighted by atomic mass is 10.2. The van der Waals surface area contributed by atoms with Crippen molar-refractivity contribution in [2.75, 3.05) is 14.2 Å². The van der Waals surface area contributed by atoms with Crippen molar-refractivity contribution >= 4 is 46.1 Å². The number of nitrogens with zero attached hydrogens (tertiary/aromatic N) is 1. The van der Waals surface area contributed by atoms with Gasteiger partial charge < -0.3 is 9.47 Å². The first kappa shape index (κ1) is 16.1. The van der Waals surface area contributed by atoms with Crippen LogP contribution in [0.2, 0.25) is 5.02 Å². The molecule has 0 saturated carbocycles. The maximum atomic E-state index is 6.00. The molecule has 0 aliphatic carbocycles. The van der Waals surface area contributed by atoms with Gasteiger partial charge in [-0.2, -0.15) is 0 Å². The molecule has 2 rings (SSSR count). The first-order valence-corrected chi connectivity index (χ1v) is 7.72. The molecule has 0 aromatic heterocycles. The second kappa shape index (κ2) is 7.13. The van der Waals surface area contributed by atoms with E-state index in [1.54, 1.807) is 20.4 Å². The summed E-state index contributed by atoms with van der Waals surface area (Å²) in [6.45, 7) is 2.00. The molecule has 0 saturated heterocycles. The molecule has 2 aromatic carbocycles. The lowest BCUT2D eigenvalue weighted by Gasteiger charge is -2.10. The minimum absolute atomic E-state index is 0.676. The smallest absolute Gasteiger partial charge is 0.174 e. The van der Waals surface area contributed by atoms with Gasteiger partial charge in [-0.1, -0.05) is 17.7 Å². The van der Waals surface area contributed by atoms with E-state index in [2.05, 4.69) is 27.6 Å². The molecule has 5 heteroatoms. The van der Waals surface area contributed by atoms with Crippen molar-refractivity contribution < 1.29 is 9.47 Å². The number of ether oxygens (including phenoxy) is 2. The fourth-order valence-corrected chi connectivity index (χ4v) is 2.89. The first-order chi connectivity index (χ1) is 10.0. The van der Waals surface area contributed by atoms with Crippen molar-refractivity contribution in [1.82, 2.24) is 0 Å². The molecule has 0 aliphatic heterocycles. The fraction of sp³-hybridized carbons (Fsp3) is 0.188. The van der Waals surface area contributed by atoms with Gasteiger partial charge in [0, 0.05) is 11.2 Å². The Bertz CT molecular complexity index is 686. The van der Waals surface area contributed by atoms with Crippen LogP contribution in [0.25, 0.3) is 0 Å². The maximum Gasteiger partial charge on any atom is 0.174 e. The first-order valence-electron chi connectivity index (χ1n) is 6.27. The number of aliphatic imine (C=N–C) groups is 1. The summed E-state index contributed by atoms with van der Waals surface area (Å²) in [5.74, 6) is 1.42. The zero-order valence-corrected chi connectivity index (χ0v) is 14.9. The Kier molecular flexibility index (Phi) is 5.47. The van der Waals surface area contributed by atoms with Crippen LogP contribution >= 0.6 is 34.2 Å². The molecule has 2 aromatic rings. The Morgan fingerprint density at radius 3 is 2.57 bits per heavy atom. The van der Waals surface area contributed by atoms with E-state index in [1.165, 1.54) is 0 Å². The number of methoxy groups -OCH3 is 2. The highest BCUT2D eigenvalue weighted by atomic mass is 127. The van der Waals surface area contributed by atoms with Crippen LogP contribution in [0, 0.1) is 10.5 Å². The van der Waals surface area contributed by atoms with Crippen molar-refractivity contribution in [2.45, 2.75) is 6.92 Å². The minimum Gasteiger partial charge on any atom is -0.493 e. The molecule has 0 heterocycles. The van der Waals surface area contributed by atoms with Gasteiger partial charge in [0.05, 0.1) is 23.5 Å². The molecule has 0 aliphatic rings. The number of hydrogen-bond acceptors (Lipinski definition) is 3. The van der Waals surface area contributed by atoms with E-state index in [0.717, 1.165) is 26.1 Å². The van der Waals surface area contributed by atoms with Crippen LogP contribution in [-0.2, 0) is 0 Å². The molecule has 21 heavy (non-hydrogen) atoms. The van der Waals surface area contributed by atoms with Crippen molar-refractivity contribution in [2.24, 2.45) is 4.99 Å². The number of halogens is 2. The summed E-state index contributed by atoms with van der Waals surface area (Å²) in [5.41, 5.74) is 2.87. The average Bonchev–Trinajstić information content (AvgIpc) is 2.47. The van der Waals surface area contributed by atoms with Crippen LogP contribution in [0.3, 0.4) is 0 Å². The molecule has 0 bridgehead atoms. The monoisotopic (exact) mass is 415 g/mol. The molecule has 0 fully saturated rings. The SMILES string of the molecule is COc1cc(C=Nc2cc(Cl)ccc2C)cc(I)c1OC. The van der Waals surface area contributed by atoms with Gasteiger partial charge in [0.1, 0.15) is 0 Å². The van der Waals surface area contributed by atoms with E-state index in [-0.39, 0.29) is 0 Å². The van der Waals surface area contributed by atoms with Gasteiger partial charge in [0.2, 0.25) is 0 Å². The standard InChI is InChI=1S/C16H15ClINO2/c1-10-4-5-12(17)8-14(10)19-9-11-6-13(18)16(21-3)15(7-11)20-2/h4-9H,1-3H3. The third-order valence-electron chi connectivity index (χ3n) is 2.98. The van der Waals surface area contributed by atoms with E-state index in [9.17, 15) is 0 Å². The lowest BCUT2D eigenvalue weighted by Crippen LogP contribution is -1.95. The van der Waals surface area contributed by atoms with Crippen molar-refractivity contribution in [3.8, 4) is 11.5 Å². The summed E-state index contributed by atoms with van der Waals surface area (Å²) in [6, 6.07) is 9.54. The number of aryl methyl sites for hydroxylation is 1. The van der Waals surface area contributed by atoms with E-state index >= 15 is 0 Å². The van der Waals surface area contributed by atoms with Crippen molar-refractivity contribution in [3.63, 3.8) is 0 Å². The quantitative estimate of drug-likeness (QED) is 0.518. The van der Waals surface area contributed by atoms with Gasteiger partial charge in [-0.05, 0) is 64.9 Å². The molecular formula is C16H15ClINO2. The third-order valence-corrected chi connectivity index (χ3v) is 4.02. The van der Waals surface area contributed by atoms with Gasteiger partial charge in [0.25, 0.3) is 0 Å². The zero-order valence-electron chi connectivity index (χ0n) is 12.0. The van der Waals surface area contributed by atoms with Gasteiger partial charge in [0.15, 0.2) is 11.5 Å². The summed E-state index contributed by atoms with van der Waals surface area (Å²) in [5, 5.41) is 0.676. The molecule has 0 radical (unpaired) electrons. The summed E-state index contributed by atoms with van der Waals surface area (Å²) >= 11 is 8.21. The van der Waals surface area contributed by atoms with Gasteiger partial charge in [-0.15, -0.1) is 0 Å². The van der Waals surface area contributed by atoms with Crippen LogP contribution in [0.4, 0.5) is 5.69 Å². The van der Waals surface area contributed by atoms with E-state index in [1.807, 2.05) is 37.3 Å². The minimum atomic E-state index is 0.676. The summed E-state index contributed by atoms with van der Waals surface area (Å²) < 4.78 is 11.6. The zero-order chi connectivity index (χ0) is 15.4. The highest BCUT2D eigenvalue weighted by Gasteiger charge is 2.09. The Morgan fingerprint density at radius 1 is 1.14 bits per heavy atom. The number of rotatable bonds is 4. The average molecular weight is 416 g/mol. The van der Waals surface area contributed by atoms with Gasteiger partial charge in [-0.3, -0.25) is 4.99 Å². The Morgan fingerprint density at radius 2 is 1.90 bits per heavy atom. The lowest BCUT2D eigenvalue weighted by molar-refractivity contribution is 0.353. The van der Waals surface area contributed by atoms with Crippen LogP contribution in [0.5, 0.6) is 11.5 Å². The highest BCUT2D eigenvalue weighted by Crippen LogP contribution is 2.33. The van der Waals surface area contributed by atoms with Crippen LogP contribution in [0.15, 0.2) is 35.3 Å². The van der Waals surface area contributed by atoms with Crippen molar-refractivity contribution in [1.29, 1.82) is 0 Å². The maximum absolute atomic E-state index is 6.00. The summed E-state index contributed by atoms with van der Waals surface area (Å²) in [6.07, 6.45) is 1.79. The second-order valence-electron chi connectivity index (χ2n) is 4.43. The molecule has 0 spiro atoms. The molecule has 0 N–H and O–H groups in total. The molecule has 3 nitrogen and oxygen atoms in total. The van der Waals surface area contributed by atoms with E-state index in [4.69, 9.17) is 21.1 Å². The van der Waals surface area contributed by atoms with E-state index < -0.39 is 0 Å². The Balaban J connectivity index is 2.37. The van der Waals surface area contributed by atoms with Crippen LogP contribution in [0.1, 0.15) is 11.1 Å². The number of hydrogen-bond donors (Lipinski definition) is 0. The number of benzene rings is 2. The van der Waals surface area contributed by atoms with Crippen LogP contribution in [-0.4, -0.2) is 20.4 Å². The highest BCUT2D eigenvalue weighted by molar-refractivity contribution is 14.1. The van der Waals surface area contributed by atoms with E-state index in [0.29, 0.717) is 10.8 Å². The largest absolute Gasteiger partial charge is 0.493 e. The summed E-state index contributed by atoms with van der Waals surface area (Å²) in [7, 11) is 3.25. The Hall–Kier alpha value is -1.27. The molecule has 0 unspecified atom stereocenters. The third kappa shape index (κ3) is 3.89. The fourth-order valence-electron chi connectivity index (χ4n) is 1.88. The van der Waals surface area contributed by atoms with Gasteiger partial charge in [-0.25, -0.2) is 0 Å². The second-order valence-corrected chi connectivity index (χ2v) is 6.03. The molecule has 0 atom stereocenters. The molecular weight excluding hydrogens is 401 g/mol. The topological polar surface area (TPSA) is 30.8 Å². The van der Waals surface area contributed by atoms with Gasteiger partial charge >= 0.3 is 0 Å². The predicted octanol–water partition coefficient (Wildman–Crippen LogP) is 5.02. The summed E-state index contributed by atoms with van der Waals surface area (Å²) in [4.78, 5) is 4.50. The van der Waals surface area contributed by atoms with Crippen LogP contribution < -0.4 is 9.47 Å². The molecule has 0 amide bonds. The van der Waals surface area contributed by atoms with Crippen molar-refractivity contribution in [3.05, 3.63) is 50.1 Å². The predicted molar refractivity (Wildman–Crippen MR) is 95.7 cm³/mol. The Labute approximate surface area is 143 Å². The molecule has 110 valence electrons.